The SMILES string of the molecule is O=C(OCc1ccccc1)N1CCC[C@@H](CS(=O)(=O)F)C1. The van der Waals surface area contributed by atoms with Crippen molar-refractivity contribution in [1.82, 2.24) is 4.90 Å². The quantitative estimate of drug-likeness (QED) is 0.800. The second-order valence-corrected chi connectivity index (χ2v) is 6.61. The third kappa shape index (κ3) is 5.34. The van der Waals surface area contributed by atoms with E-state index < -0.39 is 22.1 Å². The Bertz CT molecular complexity index is 576. The van der Waals surface area contributed by atoms with Gasteiger partial charge in [-0.1, -0.05) is 30.3 Å². The summed E-state index contributed by atoms with van der Waals surface area (Å²) in [5.41, 5.74) is 0.880. The summed E-state index contributed by atoms with van der Waals surface area (Å²) in [6.45, 7) is 0.898. The summed E-state index contributed by atoms with van der Waals surface area (Å²) in [4.78, 5) is 13.4. The van der Waals surface area contributed by atoms with E-state index >= 15 is 0 Å². The molecule has 0 spiro atoms. The lowest BCUT2D eigenvalue weighted by atomic mass is 10.0. The Morgan fingerprint density at radius 1 is 1.33 bits per heavy atom. The summed E-state index contributed by atoms with van der Waals surface area (Å²) >= 11 is 0. The smallest absolute Gasteiger partial charge is 0.410 e. The largest absolute Gasteiger partial charge is 0.445 e. The molecule has 7 heteroatoms. The van der Waals surface area contributed by atoms with Crippen molar-refractivity contribution in [2.45, 2.75) is 19.4 Å². The number of piperidine rings is 1. The van der Waals surface area contributed by atoms with Crippen LogP contribution in [0.1, 0.15) is 18.4 Å². The van der Waals surface area contributed by atoms with Crippen LogP contribution in [0.2, 0.25) is 0 Å². The van der Waals surface area contributed by atoms with Crippen LogP contribution in [0.15, 0.2) is 30.3 Å². The van der Waals surface area contributed by atoms with Gasteiger partial charge in [-0.2, -0.15) is 8.42 Å². The summed E-state index contributed by atoms with van der Waals surface area (Å²) < 4.78 is 39.3. The summed E-state index contributed by atoms with van der Waals surface area (Å²) in [6, 6.07) is 9.28. The molecule has 5 nitrogen and oxygen atoms in total. The normalized spacial score (nSPS) is 19.3. The minimum absolute atomic E-state index is 0.169. The van der Waals surface area contributed by atoms with E-state index in [1.165, 1.54) is 4.90 Å². The number of amides is 1. The Morgan fingerprint density at radius 3 is 2.71 bits per heavy atom. The fraction of sp³-hybridized carbons (Fsp3) is 0.500. The Kier molecular flexibility index (Phi) is 5.17. The van der Waals surface area contributed by atoms with Crippen molar-refractivity contribution < 1.29 is 21.8 Å². The lowest BCUT2D eigenvalue weighted by molar-refractivity contribution is 0.0812. The van der Waals surface area contributed by atoms with Crippen molar-refractivity contribution in [3.05, 3.63) is 35.9 Å². The highest BCUT2D eigenvalue weighted by Gasteiger charge is 2.28. The molecule has 116 valence electrons. The summed E-state index contributed by atoms with van der Waals surface area (Å²) in [5.74, 6) is -0.895. The highest BCUT2D eigenvalue weighted by molar-refractivity contribution is 7.86. The topological polar surface area (TPSA) is 63.7 Å². The molecule has 1 aromatic rings. The van der Waals surface area contributed by atoms with E-state index in [4.69, 9.17) is 4.74 Å². The Hall–Kier alpha value is -1.63. The van der Waals surface area contributed by atoms with Gasteiger partial charge >= 0.3 is 16.3 Å². The highest BCUT2D eigenvalue weighted by Crippen LogP contribution is 2.19. The van der Waals surface area contributed by atoms with Gasteiger partial charge in [0, 0.05) is 13.1 Å². The maximum absolute atomic E-state index is 12.7. The summed E-state index contributed by atoms with van der Waals surface area (Å²) in [7, 11) is -4.51. The van der Waals surface area contributed by atoms with Crippen LogP contribution >= 0.6 is 0 Å². The second kappa shape index (κ2) is 6.89. The third-order valence-electron chi connectivity index (χ3n) is 3.42. The van der Waals surface area contributed by atoms with Crippen molar-refractivity contribution in [3.8, 4) is 0 Å². The van der Waals surface area contributed by atoms with Gasteiger partial charge in [0.15, 0.2) is 0 Å². The first-order valence-corrected chi connectivity index (χ1v) is 8.37. The molecule has 0 radical (unpaired) electrons. The molecule has 0 saturated carbocycles. The van der Waals surface area contributed by atoms with Gasteiger partial charge in [-0.25, -0.2) is 4.79 Å². The van der Waals surface area contributed by atoms with Gasteiger partial charge in [-0.05, 0) is 24.3 Å². The predicted molar refractivity (Wildman–Crippen MR) is 75.8 cm³/mol. The number of hydrogen-bond acceptors (Lipinski definition) is 4. The van der Waals surface area contributed by atoms with Gasteiger partial charge in [0.05, 0.1) is 5.75 Å². The van der Waals surface area contributed by atoms with Crippen LogP contribution in [0.5, 0.6) is 0 Å². The molecule has 1 heterocycles. The number of likely N-dealkylation sites (tertiary alicyclic amines) is 1. The van der Waals surface area contributed by atoms with E-state index in [-0.39, 0.29) is 19.1 Å². The van der Waals surface area contributed by atoms with Crippen molar-refractivity contribution >= 4 is 16.3 Å². The number of nitrogens with zero attached hydrogens (tertiary/aromatic N) is 1. The minimum Gasteiger partial charge on any atom is -0.445 e. The molecule has 1 aliphatic heterocycles. The lowest BCUT2D eigenvalue weighted by Crippen LogP contribution is -2.41. The maximum Gasteiger partial charge on any atom is 0.410 e. The highest BCUT2D eigenvalue weighted by atomic mass is 32.3. The Balaban J connectivity index is 1.84. The monoisotopic (exact) mass is 315 g/mol. The predicted octanol–water partition coefficient (Wildman–Crippen LogP) is 2.33. The average molecular weight is 315 g/mol. The average Bonchev–Trinajstić information content (AvgIpc) is 2.44. The first-order chi connectivity index (χ1) is 9.94. The second-order valence-electron chi connectivity index (χ2n) is 5.20. The number of rotatable bonds is 4. The lowest BCUT2D eigenvalue weighted by Gasteiger charge is -2.31. The number of halogens is 1. The molecule has 1 fully saturated rings. The third-order valence-corrected chi connectivity index (χ3v) is 4.29. The zero-order chi connectivity index (χ0) is 15.3. The zero-order valence-corrected chi connectivity index (χ0v) is 12.4. The molecule has 21 heavy (non-hydrogen) atoms. The fourth-order valence-electron chi connectivity index (χ4n) is 2.46. The molecule has 2 rings (SSSR count). The summed E-state index contributed by atoms with van der Waals surface area (Å²) in [6.07, 6.45) is 0.770. The van der Waals surface area contributed by atoms with Crippen LogP contribution < -0.4 is 0 Å². The van der Waals surface area contributed by atoms with Gasteiger partial charge in [-0.15, -0.1) is 3.89 Å². The van der Waals surface area contributed by atoms with E-state index in [9.17, 15) is 17.1 Å². The van der Waals surface area contributed by atoms with Crippen molar-refractivity contribution in [2.24, 2.45) is 5.92 Å². The van der Waals surface area contributed by atoms with E-state index in [0.717, 1.165) is 5.56 Å². The van der Waals surface area contributed by atoms with Crippen LogP contribution in [-0.2, 0) is 21.6 Å². The van der Waals surface area contributed by atoms with Crippen molar-refractivity contribution in [3.63, 3.8) is 0 Å². The molecule has 0 aromatic heterocycles. The first-order valence-electron chi connectivity index (χ1n) is 6.82. The van der Waals surface area contributed by atoms with Gasteiger partial charge < -0.3 is 9.64 Å². The van der Waals surface area contributed by atoms with E-state index in [1.54, 1.807) is 0 Å². The Labute approximate surface area is 123 Å². The molecular weight excluding hydrogens is 297 g/mol. The van der Waals surface area contributed by atoms with Gasteiger partial charge in [0.2, 0.25) is 0 Å². The van der Waals surface area contributed by atoms with Crippen LogP contribution in [0.25, 0.3) is 0 Å². The van der Waals surface area contributed by atoms with Crippen LogP contribution in [0.4, 0.5) is 8.68 Å². The first kappa shape index (κ1) is 15.8. The number of ether oxygens (including phenoxy) is 1. The molecule has 1 aromatic carbocycles. The number of carbonyl (C=O) groups excluding carboxylic acids is 1. The van der Waals surface area contributed by atoms with Gasteiger partial charge in [0.25, 0.3) is 0 Å². The molecular formula is C14H18FNO4S. The standard InChI is InChI=1S/C14H18FNO4S/c15-21(18,19)11-13-7-4-8-16(9-13)14(17)20-10-12-5-2-1-3-6-12/h1-3,5-6,13H,4,7-11H2/t13-/m1/s1. The molecule has 1 aliphatic rings. The van der Waals surface area contributed by atoms with Crippen LogP contribution in [0.3, 0.4) is 0 Å². The number of benzene rings is 1. The minimum atomic E-state index is -4.51. The fourth-order valence-corrected chi connectivity index (χ4v) is 3.29. The van der Waals surface area contributed by atoms with Crippen LogP contribution in [-0.4, -0.2) is 38.3 Å². The number of carbonyl (C=O) groups is 1. The van der Waals surface area contributed by atoms with Gasteiger partial charge in [-0.3, -0.25) is 0 Å². The zero-order valence-electron chi connectivity index (χ0n) is 11.6. The van der Waals surface area contributed by atoms with E-state index in [2.05, 4.69) is 0 Å². The Morgan fingerprint density at radius 2 is 2.05 bits per heavy atom. The van der Waals surface area contributed by atoms with Gasteiger partial charge in [0.1, 0.15) is 6.61 Å². The van der Waals surface area contributed by atoms with E-state index in [1.807, 2.05) is 30.3 Å². The molecule has 1 saturated heterocycles. The molecule has 0 aliphatic carbocycles. The molecule has 0 unspecified atom stereocenters. The molecule has 0 N–H and O–H groups in total. The van der Waals surface area contributed by atoms with E-state index in [0.29, 0.717) is 19.4 Å². The maximum atomic E-state index is 12.7. The van der Waals surface area contributed by atoms with Crippen LogP contribution in [0, 0.1) is 5.92 Å². The van der Waals surface area contributed by atoms with Crippen molar-refractivity contribution in [2.75, 3.05) is 18.8 Å². The van der Waals surface area contributed by atoms with Crippen molar-refractivity contribution in [1.29, 1.82) is 0 Å². The molecule has 0 bridgehead atoms. The molecule has 1 atom stereocenters. The summed E-state index contributed by atoms with van der Waals surface area (Å²) in [5, 5.41) is 0. The molecule has 1 amide bonds. The number of hydrogen-bond donors (Lipinski definition) is 0.